The second-order valence-electron chi connectivity index (χ2n) is 7.66. The summed E-state index contributed by atoms with van der Waals surface area (Å²) in [5.74, 6) is 0.678. The van der Waals surface area contributed by atoms with Gasteiger partial charge in [-0.25, -0.2) is 0 Å². The molecular weight excluding hydrogens is 312 g/mol. The van der Waals surface area contributed by atoms with Crippen LogP contribution in [0.15, 0.2) is 35.9 Å². The maximum atomic E-state index is 13.3. The largest absolute Gasteiger partial charge is 0.396 e. The molecule has 0 aromatic heterocycles. The van der Waals surface area contributed by atoms with Crippen molar-refractivity contribution in [2.45, 2.75) is 44.7 Å². The molecule has 0 radical (unpaired) electrons. The number of aliphatic hydroxyl groups excluding tert-OH is 1. The fourth-order valence-corrected chi connectivity index (χ4v) is 4.31. The van der Waals surface area contributed by atoms with Crippen molar-refractivity contribution in [3.8, 4) is 0 Å². The van der Waals surface area contributed by atoms with Crippen LogP contribution in [-0.4, -0.2) is 53.1 Å². The van der Waals surface area contributed by atoms with Gasteiger partial charge >= 0.3 is 0 Å². The molecule has 1 aliphatic carbocycles. The molecule has 2 heterocycles. The highest BCUT2D eigenvalue weighted by molar-refractivity contribution is 5.94. The first-order chi connectivity index (χ1) is 12.3. The quantitative estimate of drug-likeness (QED) is 0.865. The molecule has 2 aliphatic heterocycles. The maximum absolute atomic E-state index is 13.3. The lowest BCUT2D eigenvalue weighted by molar-refractivity contribution is -0.129. The van der Waals surface area contributed by atoms with Crippen molar-refractivity contribution in [3.05, 3.63) is 47.0 Å². The number of rotatable bonds is 6. The van der Waals surface area contributed by atoms with E-state index < -0.39 is 0 Å². The molecule has 1 aromatic carbocycles. The van der Waals surface area contributed by atoms with Gasteiger partial charge in [-0.05, 0) is 49.8 Å². The minimum absolute atomic E-state index is 0.150. The molecule has 2 atom stereocenters. The van der Waals surface area contributed by atoms with Gasteiger partial charge in [0.05, 0.1) is 0 Å². The number of hydrogen-bond donors (Lipinski definition) is 1. The molecule has 4 nitrogen and oxygen atoms in total. The van der Waals surface area contributed by atoms with Crippen molar-refractivity contribution in [1.82, 2.24) is 9.80 Å². The Kier molecular flexibility index (Phi) is 4.91. The van der Waals surface area contributed by atoms with Gasteiger partial charge in [0.2, 0.25) is 5.91 Å². The number of nitrogens with zero attached hydrogens (tertiary/aromatic N) is 2. The molecule has 1 amide bonds. The Morgan fingerprint density at radius 1 is 1.20 bits per heavy atom. The summed E-state index contributed by atoms with van der Waals surface area (Å²) in [6.07, 6.45) is 7.44. The fraction of sp³-hybridized carbons (Fsp3) is 0.571. The number of hydrogen-bond acceptors (Lipinski definition) is 3. The predicted molar refractivity (Wildman–Crippen MR) is 98.1 cm³/mol. The summed E-state index contributed by atoms with van der Waals surface area (Å²) >= 11 is 0. The van der Waals surface area contributed by atoms with Crippen LogP contribution >= 0.6 is 0 Å². The molecule has 25 heavy (non-hydrogen) atoms. The van der Waals surface area contributed by atoms with E-state index in [4.69, 9.17) is 0 Å². The van der Waals surface area contributed by atoms with E-state index in [0.717, 1.165) is 43.5 Å². The van der Waals surface area contributed by atoms with Gasteiger partial charge in [0, 0.05) is 43.8 Å². The van der Waals surface area contributed by atoms with Crippen LogP contribution in [0.3, 0.4) is 0 Å². The average Bonchev–Trinajstić information content (AvgIpc) is 3.46. The van der Waals surface area contributed by atoms with Crippen LogP contribution in [-0.2, 0) is 17.8 Å². The minimum atomic E-state index is 0.150. The third-order valence-corrected chi connectivity index (χ3v) is 5.85. The molecule has 2 bridgehead atoms. The topological polar surface area (TPSA) is 43.8 Å². The Labute approximate surface area is 150 Å². The van der Waals surface area contributed by atoms with Gasteiger partial charge in [0.15, 0.2) is 0 Å². The van der Waals surface area contributed by atoms with Crippen molar-refractivity contribution in [1.29, 1.82) is 0 Å². The third-order valence-electron chi connectivity index (χ3n) is 5.85. The summed E-state index contributed by atoms with van der Waals surface area (Å²) < 4.78 is 0. The SMILES string of the molecule is O=C(C1=CCN2CCCC1C2)N(Cc1ccccc1CCO)C1CC1. The van der Waals surface area contributed by atoms with E-state index in [1.165, 1.54) is 18.5 Å². The fourth-order valence-electron chi connectivity index (χ4n) is 4.31. The predicted octanol–water partition coefficient (Wildman–Crippen LogP) is 2.36. The molecule has 134 valence electrons. The van der Waals surface area contributed by atoms with E-state index in [1.807, 2.05) is 12.1 Å². The van der Waals surface area contributed by atoms with E-state index in [1.54, 1.807) is 0 Å². The minimum Gasteiger partial charge on any atom is -0.396 e. The Morgan fingerprint density at radius 3 is 2.76 bits per heavy atom. The van der Waals surface area contributed by atoms with Crippen LogP contribution in [0.2, 0.25) is 0 Å². The Bertz CT molecular complexity index is 666. The van der Waals surface area contributed by atoms with Gasteiger partial charge in [-0.15, -0.1) is 0 Å². The summed E-state index contributed by atoms with van der Waals surface area (Å²) in [6, 6.07) is 8.62. The monoisotopic (exact) mass is 340 g/mol. The van der Waals surface area contributed by atoms with E-state index in [2.05, 4.69) is 28.0 Å². The van der Waals surface area contributed by atoms with Gasteiger partial charge in [0.25, 0.3) is 0 Å². The zero-order chi connectivity index (χ0) is 17.2. The summed E-state index contributed by atoms with van der Waals surface area (Å²) in [5.41, 5.74) is 3.39. The molecule has 4 rings (SSSR count). The Morgan fingerprint density at radius 2 is 2.00 bits per heavy atom. The van der Waals surface area contributed by atoms with Gasteiger partial charge < -0.3 is 10.0 Å². The molecule has 2 unspecified atom stereocenters. The number of piperidine rings is 1. The summed E-state index contributed by atoms with van der Waals surface area (Å²) in [6.45, 7) is 3.98. The van der Waals surface area contributed by atoms with Gasteiger partial charge in [-0.3, -0.25) is 9.69 Å². The highest BCUT2D eigenvalue weighted by atomic mass is 16.3. The second kappa shape index (κ2) is 7.30. The lowest BCUT2D eigenvalue weighted by atomic mass is 9.86. The number of fused-ring (bicyclic) bond motifs is 2. The molecule has 4 heteroatoms. The van der Waals surface area contributed by atoms with Crippen LogP contribution in [0.1, 0.15) is 36.8 Å². The first-order valence-corrected chi connectivity index (χ1v) is 9.67. The molecule has 1 saturated carbocycles. The van der Waals surface area contributed by atoms with E-state index >= 15 is 0 Å². The molecule has 1 saturated heterocycles. The highest BCUT2D eigenvalue weighted by Crippen LogP contribution is 2.34. The molecule has 1 N–H and O–H groups in total. The van der Waals surface area contributed by atoms with Crippen molar-refractivity contribution in [2.24, 2.45) is 5.92 Å². The van der Waals surface area contributed by atoms with E-state index in [9.17, 15) is 9.90 Å². The smallest absolute Gasteiger partial charge is 0.250 e. The molecule has 1 aromatic rings. The molecular formula is C21H28N2O2. The number of aliphatic hydroxyl groups is 1. The standard InChI is InChI=1S/C21H28N2O2/c24-13-10-16-4-1-2-5-17(16)15-23(19-7-8-19)21(25)20-9-12-22-11-3-6-18(20)14-22/h1-2,4-5,9,18-19,24H,3,6-8,10-15H2. The molecule has 2 fully saturated rings. The first-order valence-electron chi connectivity index (χ1n) is 9.67. The Hall–Kier alpha value is -1.65. The van der Waals surface area contributed by atoms with Crippen molar-refractivity contribution < 1.29 is 9.90 Å². The zero-order valence-electron chi connectivity index (χ0n) is 14.9. The lowest BCUT2D eigenvalue weighted by Gasteiger charge is -2.38. The highest BCUT2D eigenvalue weighted by Gasteiger charge is 2.38. The van der Waals surface area contributed by atoms with E-state index in [-0.39, 0.29) is 12.5 Å². The van der Waals surface area contributed by atoms with Gasteiger partial charge in [-0.1, -0.05) is 30.3 Å². The molecule has 0 spiro atoms. The first kappa shape index (κ1) is 16.8. The number of carbonyl (C=O) groups is 1. The number of benzene rings is 1. The summed E-state index contributed by atoms with van der Waals surface area (Å²) in [5, 5.41) is 9.32. The normalized spacial score (nSPS) is 25.4. The number of amides is 1. The van der Waals surface area contributed by atoms with Crippen LogP contribution in [0.25, 0.3) is 0 Å². The van der Waals surface area contributed by atoms with Crippen molar-refractivity contribution in [2.75, 3.05) is 26.2 Å². The summed E-state index contributed by atoms with van der Waals surface area (Å²) in [4.78, 5) is 17.9. The van der Waals surface area contributed by atoms with Crippen LogP contribution in [0.5, 0.6) is 0 Å². The zero-order valence-corrected chi connectivity index (χ0v) is 14.9. The van der Waals surface area contributed by atoms with Gasteiger partial charge in [-0.2, -0.15) is 0 Å². The van der Waals surface area contributed by atoms with Crippen LogP contribution in [0, 0.1) is 5.92 Å². The molecule has 3 aliphatic rings. The third kappa shape index (κ3) is 3.65. The maximum Gasteiger partial charge on any atom is 0.250 e. The van der Waals surface area contributed by atoms with Gasteiger partial charge in [0.1, 0.15) is 0 Å². The summed E-state index contributed by atoms with van der Waals surface area (Å²) in [7, 11) is 0. The second-order valence-corrected chi connectivity index (χ2v) is 7.66. The van der Waals surface area contributed by atoms with Crippen molar-refractivity contribution in [3.63, 3.8) is 0 Å². The van der Waals surface area contributed by atoms with Crippen molar-refractivity contribution >= 4 is 5.91 Å². The Balaban J connectivity index is 1.55. The lowest BCUT2D eigenvalue weighted by Crippen LogP contribution is -2.44. The van der Waals surface area contributed by atoms with Crippen LogP contribution in [0.4, 0.5) is 0 Å². The number of carbonyl (C=O) groups excluding carboxylic acids is 1. The van der Waals surface area contributed by atoms with E-state index in [0.29, 0.717) is 24.9 Å². The average molecular weight is 340 g/mol. The van der Waals surface area contributed by atoms with Crippen LogP contribution < -0.4 is 0 Å².